The van der Waals surface area contributed by atoms with E-state index in [9.17, 15) is 0 Å². The van der Waals surface area contributed by atoms with E-state index < -0.39 is 0 Å². The fraction of sp³-hybridized carbons (Fsp3) is 0.750. The SMILES string of the molecule is CCCCCCCCOc1cc(C=C(Br)Br)cc(OCCCCCCCC)c1OCCCCCCCC. The molecule has 1 aromatic carbocycles. The molecule has 0 atom stereocenters. The molecule has 1 rings (SSSR count). The van der Waals surface area contributed by atoms with E-state index in [-0.39, 0.29) is 0 Å². The van der Waals surface area contributed by atoms with Gasteiger partial charge in [0.15, 0.2) is 11.5 Å². The zero-order valence-corrected chi connectivity index (χ0v) is 27.2. The van der Waals surface area contributed by atoms with E-state index in [4.69, 9.17) is 14.2 Å². The number of ether oxygens (including phenoxy) is 3. The van der Waals surface area contributed by atoms with Crippen LogP contribution in [-0.4, -0.2) is 19.8 Å². The van der Waals surface area contributed by atoms with Gasteiger partial charge in [-0.05, 0) is 74.9 Å². The molecule has 0 aliphatic rings. The Labute approximate surface area is 245 Å². The van der Waals surface area contributed by atoms with Crippen LogP contribution >= 0.6 is 31.9 Å². The summed E-state index contributed by atoms with van der Waals surface area (Å²) < 4.78 is 19.9. The van der Waals surface area contributed by atoms with Gasteiger partial charge < -0.3 is 14.2 Å². The highest BCUT2D eigenvalue weighted by Crippen LogP contribution is 2.40. The second-order valence-corrected chi connectivity index (χ2v) is 12.9. The fourth-order valence-corrected chi connectivity index (χ4v) is 4.88. The van der Waals surface area contributed by atoms with Gasteiger partial charge in [-0.1, -0.05) is 117 Å². The topological polar surface area (TPSA) is 27.7 Å². The number of rotatable bonds is 25. The van der Waals surface area contributed by atoms with Gasteiger partial charge >= 0.3 is 0 Å². The maximum absolute atomic E-state index is 6.36. The van der Waals surface area contributed by atoms with Crippen LogP contribution in [0.15, 0.2) is 15.5 Å². The normalized spacial score (nSPS) is 10.9. The zero-order chi connectivity index (χ0) is 27.0. The highest BCUT2D eigenvalue weighted by molar-refractivity contribution is 9.28. The minimum absolute atomic E-state index is 0.699. The molecule has 0 N–H and O–H groups in total. The van der Waals surface area contributed by atoms with Crippen molar-refractivity contribution >= 4 is 37.9 Å². The largest absolute Gasteiger partial charge is 0.490 e. The second-order valence-electron chi connectivity index (χ2n) is 10.1. The van der Waals surface area contributed by atoms with Crippen LogP contribution in [0.4, 0.5) is 0 Å². The first kappa shape index (κ1) is 34.3. The summed E-state index contributed by atoms with van der Waals surface area (Å²) in [4.78, 5) is 0. The molecule has 0 aliphatic heterocycles. The highest BCUT2D eigenvalue weighted by Gasteiger charge is 2.16. The Morgan fingerprint density at radius 2 is 0.892 bits per heavy atom. The quantitative estimate of drug-likeness (QED) is 0.0990. The summed E-state index contributed by atoms with van der Waals surface area (Å²) in [6, 6.07) is 4.15. The van der Waals surface area contributed by atoms with Crippen LogP contribution in [0, 0.1) is 0 Å². The molecule has 214 valence electrons. The summed E-state index contributed by atoms with van der Waals surface area (Å²) in [5, 5.41) is 0. The average Bonchev–Trinajstić information content (AvgIpc) is 2.87. The molecule has 1 aromatic rings. The van der Waals surface area contributed by atoms with E-state index in [0.29, 0.717) is 19.8 Å². The van der Waals surface area contributed by atoms with Gasteiger partial charge in [0.05, 0.1) is 23.2 Å². The van der Waals surface area contributed by atoms with Gasteiger partial charge in [0.2, 0.25) is 5.75 Å². The Hall–Kier alpha value is -0.680. The maximum atomic E-state index is 6.36. The van der Waals surface area contributed by atoms with Crippen LogP contribution in [0.5, 0.6) is 17.2 Å². The Kier molecular flexibility index (Phi) is 22.6. The Morgan fingerprint density at radius 1 is 0.541 bits per heavy atom. The third-order valence-electron chi connectivity index (χ3n) is 6.57. The molecule has 0 aliphatic carbocycles. The van der Waals surface area contributed by atoms with Crippen LogP contribution < -0.4 is 14.2 Å². The van der Waals surface area contributed by atoms with Crippen molar-refractivity contribution < 1.29 is 14.2 Å². The molecule has 0 aromatic heterocycles. The maximum Gasteiger partial charge on any atom is 0.203 e. The van der Waals surface area contributed by atoms with Gasteiger partial charge in [-0.3, -0.25) is 0 Å². The summed E-state index contributed by atoms with van der Waals surface area (Å²) in [5.74, 6) is 2.37. The van der Waals surface area contributed by atoms with E-state index in [1.807, 2.05) is 6.08 Å². The second kappa shape index (κ2) is 24.4. The lowest BCUT2D eigenvalue weighted by Crippen LogP contribution is -2.06. The number of halogens is 2. The van der Waals surface area contributed by atoms with Crippen LogP contribution in [0.25, 0.3) is 6.08 Å². The van der Waals surface area contributed by atoms with E-state index in [2.05, 4.69) is 64.8 Å². The Balaban J connectivity index is 2.85. The minimum Gasteiger partial charge on any atom is -0.490 e. The fourth-order valence-electron chi connectivity index (χ4n) is 4.35. The van der Waals surface area contributed by atoms with Gasteiger partial charge in [-0.15, -0.1) is 0 Å². The molecule has 0 saturated carbocycles. The van der Waals surface area contributed by atoms with Crippen molar-refractivity contribution in [2.24, 2.45) is 0 Å². The molecule has 0 spiro atoms. The number of benzene rings is 1. The van der Waals surface area contributed by atoms with Crippen LogP contribution in [0.1, 0.15) is 142 Å². The number of hydrogen-bond donors (Lipinski definition) is 0. The Morgan fingerprint density at radius 3 is 1.27 bits per heavy atom. The zero-order valence-electron chi connectivity index (χ0n) is 24.1. The first-order valence-electron chi connectivity index (χ1n) is 15.2. The van der Waals surface area contributed by atoms with Crippen molar-refractivity contribution in [3.05, 3.63) is 21.1 Å². The molecular formula is C32H54Br2O3. The van der Waals surface area contributed by atoms with Gasteiger partial charge in [-0.2, -0.15) is 0 Å². The third kappa shape index (κ3) is 18.3. The molecule has 0 saturated heterocycles. The van der Waals surface area contributed by atoms with Crippen molar-refractivity contribution in [1.82, 2.24) is 0 Å². The van der Waals surface area contributed by atoms with Gasteiger partial charge in [0.1, 0.15) is 0 Å². The van der Waals surface area contributed by atoms with Crippen molar-refractivity contribution in [2.45, 2.75) is 136 Å². The standard InChI is InChI=1S/C32H54Br2O3/c1-4-7-10-13-16-19-22-35-29-25-28(27-31(33)34)26-30(36-23-20-17-14-11-8-5-2)32(29)37-24-21-18-15-12-9-6-3/h25-27H,4-24H2,1-3H3. The predicted octanol–water partition coefficient (Wildman–Crippen LogP) is 12.0. The molecule has 3 nitrogen and oxygen atoms in total. The van der Waals surface area contributed by atoms with Gasteiger partial charge in [0, 0.05) is 0 Å². The monoisotopic (exact) mass is 644 g/mol. The molecule has 0 heterocycles. The highest BCUT2D eigenvalue weighted by atomic mass is 79.9. The molecular weight excluding hydrogens is 592 g/mol. The van der Waals surface area contributed by atoms with Crippen molar-refractivity contribution in [3.63, 3.8) is 0 Å². The minimum atomic E-state index is 0.699. The summed E-state index contributed by atoms with van der Waals surface area (Å²) in [5.41, 5.74) is 1.03. The van der Waals surface area contributed by atoms with E-state index in [0.717, 1.165) is 45.5 Å². The number of unbranched alkanes of at least 4 members (excludes halogenated alkanes) is 15. The molecule has 0 unspecified atom stereocenters. The van der Waals surface area contributed by atoms with E-state index in [1.165, 1.54) is 96.3 Å². The van der Waals surface area contributed by atoms with Crippen LogP contribution in [-0.2, 0) is 0 Å². The lowest BCUT2D eigenvalue weighted by Gasteiger charge is -2.18. The van der Waals surface area contributed by atoms with Crippen molar-refractivity contribution in [2.75, 3.05) is 19.8 Å². The first-order valence-corrected chi connectivity index (χ1v) is 16.8. The molecule has 0 radical (unpaired) electrons. The molecule has 0 amide bonds. The van der Waals surface area contributed by atoms with Crippen LogP contribution in [0.3, 0.4) is 0 Å². The van der Waals surface area contributed by atoms with E-state index >= 15 is 0 Å². The van der Waals surface area contributed by atoms with Crippen LogP contribution in [0.2, 0.25) is 0 Å². The summed E-state index contributed by atoms with van der Waals surface area (Å²) in [7, 11) is 0. The predicted molar refractivity (Wildman–Crippen MR) is 169 cm³/mol. The van der Waals surface area contributed by atoms with Crippen molar-refractivity contribution in [1.29, 1.82) is 0 Å². The lowest BCUT2D eigenvalue weighted by atomic mass is 10.1. The molecule has 0 fully saturated rings. The van der Waals surface area contributed by atoms with E-state index in [1.54, 1.807) is 0 Å². The smallest absolute Gasteiger partial charge is 0.203 e. The molecule has 0 bridgehead atoms. The molecule has 37 heavy (non-hydrogen) atoms. The Bertz CT molecular complexity index is 662. The van der Waals surface area contributed by atoms with Crippen molar-refractivity contribution in [3.8, 4) is 17.2 Å². The summed E-state index contributed by atoms with van der Waals surface area (Å²) in [6.45, 7) is 8.89. The summed E-state index contributed by atoms with van der Waals surface area (Å²) >= 11 is 7.02. The lowest BCUT2D eigenvalue weighted by molar-refractivity contribution is 0.234. The molecule has 5 heteroatoms. The third-order valence-corrected chi connectivity index (χ3v) is 7.03. The average molecular weight is 647 g/mol. The summed E-state index contributed by atoms with van der Waals surface area (Å²) in [6.07, 6.45) is 24.5. The van der Waals surface area contributed by atoms with Gasteiger partial charge in [0.25, 0.3) is 0 Å². The first-order chi connectivity index (χ1) is 18.1. The number of hydrogen-bond acceptors (Lipinski definition) is 3. The van der Waals surface area contributed by atoms with Gasteiger partial charge in [-0.25, -0.2) is 0 Å².